The maximum absolute atomic E-state index is 13.4. The van der Waals surface area contributed by atoms with E-state index < -0.39 is 11.7 Å². The summed E-state index contributed by atoms with van der Waals surface area (Å²) in [6.45, 7) is 1.65. The third kappa shape index (κ3) is 6.49. The molecule has 4 rings (SSSR count). The molecule has 4 N–H and O–H groups in total. The Balaban J connectivity index is 1.59. The first-order valence-corrected chi connectivity index (χ1v) is 13.3. The van der Waals surface area contributed by atoms with Crippen LogP contribution in [0.1, 0.15) is 50.5 Å². The third-order valence-corrected chi connectivity index (χ3v) is 7.89. The van der Waals surface area contributed by atoms with Gasteiger partial charge in [0.15, 0.2) is 0 Å². The fourth-order valence-electron chi connectivity index (χ4n) is 5.82. The topological polar surface area (TPSA) is 105 Å². The summed E-state index contributed by atoms with van der Waals surface area (Å²) in [5.41, 5.74) is 5.39. The second-order valence-electron chi connectivity index (χ2n) is 10.4. The van der Waals surface area contributed by atoms with Crippen LogP contribution in [0.15, 0.2) is 48.5 Å². The van der Waals surface area contributed by atoms with Crippen LogP contribution in [0.25, 0.3) is 0 Å². The number of methoxy groups -OCH3 is 1. The predicted octanol–water partition coefficient (Wildman–Crippen LogP) is 3.96. The lowest BCUT2D eigenvalue weighted by molar-refractivity contribution is -0.141. The maximum Gasteiger partial charge on any atom is 0.225 e. The van der Waals surface area contributed by atoms with Gasteiger partial charge in [0.1, 0.15) is 17.3 Å². The summed E-state index contributed by atoms with van der Waals surface area (Å²) >= 11 is 0. The van der Waals surface area contributed by atoms with Crippen molar-refractivity contribution in [3.63, 3.8) is 0 Å². The number of aliphatic hydroxyl groups excluding tert-OH is 1. The first-order valence-electron chi connectivity index (χ1n) is 13.3. The number of nitrogens with zero attached hydrogens (tertiary/aromatic N) is 1. The van der Waals surface area contributed by atoms with Gasteiger partial charge in [-0.1, -0.05) is 18.2 Å². The Morgan fingerprint density at radius 2 is 1.92 bits per heavy atom. The number of carbonyl (C=O) groups is 1. The molecule has 1 saturated carbocycles. The average molecular weight is 515 g/mol. The standard InChI is InChI=1S/C29H39FN2O5/c1-36-16-5-4-14-29(35,24-8-2-3-9-27(24)37-23-12-10-22(30)11-13-23)21-7-6-15-32(19-21)28(34)20-17-25(31)26(33)18-20/h2-3,8-13,20-21,25-26,33,35H,4-7,14-19,31H2,1H3. The Morgan fingerprint density at radius 1 is 1.16 bits per heavy atom. The summed E-state index contributed by atoms with van der Waals surface area (Å²) in [6.07, 6.45) is 3.79. The smallest absolute Gasteiger partial charge is 0.225 e. The number of rotatable bonds is 10. The highest BCUT2D eigenvalue weighted by Crippen LogP contribution is 2.44. The van der Waals surface area contributed by atoms with Crippen LogP contribution in [0.2, 0.25) is 0 Å². The number of likely N-dealkylation sites (tertiary alicyclic amines) is 1. The quantitative estimate of drug-likeness (QED) is 0.415. The average Bonchev–Trinajstić information content (AvgIpc) is 3.25. The Labute approximate surface area is 218 Å². The monoisotopic (exact) mass is 514 g/mol. The van der Waals surface area contributed by atoms with E-state index in [9.17, 15) is 19.4 Å². The largest absolute Gasteiger partial charge is 0.457 e. The number of nitrogens with two attached hydrogens (primary N) is 1. The lowest BCUT2D eigenvalue weighted by Gasteiger charge is -2.44. The first kappa shape index (κ1) is 27.5. The van der Waals surface area contributed by atoms with Gasteiger partial charge >= 0.3 is 0 Å². The van der Waals surface area contributed by atoms with Gasteiger partial charge in [-0.3, -0.25) is 4.79 Å². The second-order valence-corrected chi connectivity index (χ2v) is 10.4. The van der Waals surface area contributed by atoms with Crippen molar-refractivity contribution in [1.82, 2.24) is 4.90 Å². The van der Waals surface area contributed by atoms with E-state index >= 15 is 0 Å². The molecule has 37 heavy (non-hydrogen) atoms. The number of carbonyl (C=O) groups excluding carboxylic acids is 1. The van der Waals surface area contributed by atoms with Crippen LogP contribution < -0.4 is 10.5 Å². The van der Waals surface area contributed by atoms with Crippen LogP contribution in [0.5, 0.6) is 11.5 Å². The number of halogens is 1. The molecular formula is C29H39FN2O5. The molecule has 5 unspecified atom stereocenters. The van der Waals surface area contributed by atoms with Gasteiger partial charge < -0.3 is 30.3 Å². The zero-order valence-corrected chi connectivity index (χ0v) is 21.5. The highest BCUT2D eigenvalue weighted by molar-refractivity contribution is 5.79. The van der Waals surface area contributed by atoms with Crippen LogP contribution >= 0.6 is 0 Å². The molecule has 202 valence electrons. The number of piperidine rings is 1. The molecule has 1 aliphatic heterocycles. The lowest BCUT2D eigenvalue weighted by atomic mass is 9.73. The second kappa shape index (κ2) is 12.3. The van der Waals surface area contributed by atoms with Crippen LogP contribution in [0.4, 0.5) is 4.39 Å². The molecular weight excluding hydrogens is 475 g/mol. The predicted molar refractivity (Wildman–Crippen MR) is 139 cm³/mol. The number of ether oxygens (including phenoxy) is 2. The SMILES string of the molecule is COCCCCC(O)(c1ccccc1Oc1ccc(F)cc1)C1CCCN(C(=O)C2CC(N)C(O)C2)C1. The minimum Gasteiger partial charge on any atom is -0.457 e. The molecule has 1 saturated heterocycles. The molecule has 8 heteroatoms. The van der Waals surface area contributed by atoms with Gasteiger partial charge in [0.2, 0.25) is 5.91 Å². The van der Waals surface area contributed by atoms with E-state index in [-0.39, 0.29) is 29.6 Å². The highest BCUT2D eigenvalue weighted by Gasteiger charge is 2.44. The number of hydrogen-bond donors (Lipinski definition) is 3. The molecule has 2 aromatic carbocycles. The summed E-state index contributed by atoms with van der Waals surface area (Å²) < 4.78 is 24.8. The molecule has 2 aliphatic rings. The van der Waals surface area contributed by atoms with E-state index in [2.05, 4.69) is 0 Å². The van der Waals surface area contributed by atoms with Crippen molar-refractivity contribution in [1.29, 1.82) is 0 Å². The molecule has 7 nitrogen and oxygen atoms in total. The highest BCUT2D eigenvalue weighted by atomic mass is 19.1. The Bertz CT molecular complexity index is 1030. The fourth-order valence-corrected chi connectivity index (χ4v) is 5.82. The van der Waals surface area contributed by atoms with Crippen LogP contribution in [-0.2, 0) is 15.1 Å². The van der Waals surface area contributed by atoms with Crippen molar-refractivity contribution in [2.75, 3.05) is 26.8 Å². The number of para-hydroxylation sites is 1. The van der Waals surface area contributed by atoms with E-state index in [0.29, 0.717) is 56.0 Å². The van der Waals surface area contributed by atoms with Crippen molar-refractivity contribution < 1.29 is 28.9 Å². The summed E-state index contributed by atoms with van der Waals surface area (Å²) in [5, 5.41) is 22.5. The van der Waals surface area contributed by atoms with Gasteiger partial charge in [0.05, 0.1) is 11.7 Å². The number of benzene rings is 2. The molecule has 1 amide bonds. The zero-order chi connectivity index (χ0) is 26.4. The van der Waals surface area contributed by atoms with Gasteiger partial charge in [-0.15, -0.1) is 0 Å². The van der Waals surface area contributed by atoms with Gasteiger partial charge in [0.25, 0.3) is 0 Å². The number of unbranched alkanes of at least 4 members (excludes halogenated alkanes) is 1. The third-order valence-electron chi connectivity index (χ3n) is 7.89. The summed E-state index contributed by atoms with van der Waals surface area (Å²) in [7, 11) is 1.66. The Kier molecular flexibility index (Phi) is 9.18. The van der Waals surface area contributed by atoms with Gasteiger partial charge in [-0.05, 0) is 75.3 Å². The van der Waals surface area contributed by atoms with E-state index in [1.165, 1.54) is 12.1 Å². The summed E-state index contributed by atoms with van der Waals surface area (Å²) in [5.74, 6) is 0.162. The van der Waals surface area contributed by atoms with Crippen LogP contribution in [-0.4, -0.2) is 60.0 Å². The van der Waals surface area contributed by atoms with Crippen molar-refractivity contribution in [3.8, 4) is 11.5 Å². The normalized spacial score (nSPS) is 25.6. The molecule has 2 aromatic rings. The molecule has 5 atom stereocenters. The number of aliphatic hydroxyl groups is 2. The molecule has 0 radical (unpaired) electrons. The van der Waals surface area contributed by atoms with Gasteiger partial charge in [-0.2, -0.15) is 0 Å². The molecule has 0 bridgehead atoms. The Morgan fingerprint density at radius 3 is 2.62 bits per heavy atom. The van der Waals surface area contributed by atoms with Crippen LogP contribution in [0.3, 0.4) is 0 Å². The van der Waals surface area contributed by atoms with Crippen molar-refractivity contribution in [3.05, 3.63) is 59.9 Å². The van der Waals surface area contributed by atoms with E-state index in [1.807, 2.05) is 29.2 Å². The molecule has 0 aromatic heterocycles. The van der Waals surface area contributed by atoms with Gasteiger partial charge in [0, 0.05) is 50.2 Å². The molecule has 1 aliphatic carbocycles. The van der Waals surface area contributed by atoms with E-state index in [4.69, 9.17) is 15.2 Å². The number of hydrogen-bond acceptors (Lipinski definition) is 6. The van der Waals surface area contributed by atoms with Gasteiger partial charge in [-0.25, -0.2) is 4.39 Å². The van der Waals surface area contributed by atoms with Crippen molar-refractivity contribution in [2.45, 2.75) is 62.7 Å². The minimum absolute atomic E-state index is 0.00859. The van der Waals surface area contributed by atoms with E-state index in [0.717, 1.165) is 25.7 Å². The summed E-state index contributed by atoms with van der Waals surface area (Å²) in [4.78, 5) is 15.2. The van der Waals surface area contributed by atoms with Crippen molar-refractivity contribution >= 4 is 5.91 Å². The molecule has 2 fully saturated rings. The first-order chi connectivity index (χ1) is 17.8. The fraction of sp³-hybridized carbons (Fsp3) is 0.552. The minimum atomic E-state index is -1.24. The Hall–Kier alpha value is -2.52. The maximum atomic E-state index is 13.4. The van der Waals surface area contributed by atoms with Crippen LogP contribution in [0, 0.1) is 17.7 Å². The zero-order valence-electron chi connectivity index (χ0n) is 21.5. The summed E-state index contributed by atoms with van der Waals surface area (Å²) in [6, 6.07) is 12.8. The van der Waals surface area contributed by atoms with Crippen molar-refractivity contribution in [2.24, 2.45) is 17.6 Å². The molecule has 1 heterocycles. The lowest BCUT2D eigenvalue weighted by Crippen LogP contribution is -2.49. The molecule has 0 spiro atoms. The van der Waals surface area contributed by atoms with E-state index in [1.54, 1.807) is 19.2 Å². The number of amides is 1.